The van der Waals surface area contributed by atoms with Gasteiger partial charge in [0.1, 0.15) is 6.04 Å². The van der Waals surface area contributed by atoms with Gasteiger partial charge in [0.25, 0.3) is 0 Å². The molecule has 5 nitrogen and oxygen atoms in total. The number of hydrogen-bond acceptors (Lipinski definition) is 5. The summed E-state index contributed by atoms with van der Waals surface area (Å²) in [6.45, 7) is 1.66. The third kappa shape index (κ3) is 2.44. The van der Waals surface area contributed by atoms with Crippen molar-refractivity contribution in [1.29, 1.82) is 0 Å². The van der Waals surface area contributed by atoms with Crippen LogP contribution in [0.25, 0.3) is 0 Å². The van der Waals surface area contributed by atoms with E-state index in [2.05, 4.69) is 15.4 Å². The summed E-state index contributed by atoms with van der Waals surface area (Å²) < 4.78 is 4.51. The molecular formula is C7H15N3O2. The summed E-state index contributed by atoms with van der Waals surface area (Å²) in [7, 11) is 1.35. The number of methoxy groups -OCH3 is 1. The minimum Gasteiger partial charge on any atom is -0.468 e. The van der Waals surface area contributed by atoms with Crippen molar-refractivity contribution in [2.75, 3.05) is 20.3 Å². The summed E-state index contributed by atoms with van der Waals surface area (Å²) in [6, 6.07) is -0.216. The number of esters is 1. The molecule has 70 valence electrons. The van der Waals surface area contributed by atoms with E-state index in [4.69, 9.17) is 5.73 Å². The lowest BCUT2D eigenvalue weighted by atomic mass is 10.1. The van der Waals surface area contributed by atoms with Gasteiger partial charge in [0.05, 0.1) is 7.11 Å². The van der Waals surface area contributed by atoms with E-state index < -0.39 is 6.04 Å². The van der Waals surface area contributed by atoms with Crippen molar-refractivity contribution in [3.05, 3.63) is 0 Å². The van der Waals surface area contributed by atoms with Crippen LogP contribution >= 0.6 is 0 Å². The molecule has 12 heavy (non-hydrogen) atoms. The van der Waals surface area contributed by atoms with Crippen LogP contribution in [0, 0.1) is 0 Å². The summed E-state index contributed by atoms with van der Waals surface area (Å²) in [5.41, 5.74) is 5.57. The topological polar surface area (TPSA) is 76.4 Å². The molecule has 2 unspecified atom stereocenters. The molecule has 1 aliphatic heterocycles. The maximum atomic E-state index is 10.9. The van der Waals surface area contributed by atoms with Gasteiger partial charge in [-0.1, -0.05) is 0 Å². The molecule has 5 heteroatoms. The Labute approximate surface area is 71.6 Å². The molecule has 4 N–H and O–H groups in total. The maximum absolute atomic E-state index is 10.9. The molecule has 0 spiro atoms. The quantitative estimate of drug-likeness (QED) is 0.448. The van der Waals surface area contributed by atoms with Gasteiger partial charge in [0, 0.05) is 19.3 Å². The second kappa shape index (κ2) is 4.39. The first-order chi connectivity index (χ1) is 5.74. The smallest absolute Gasteiger partial charge is 0.322 e. The Kier molecular flexibility index (Phi) is 3.46. The highest BCUT2D eigenvalue weighted by molar-refractivity contribution is 5.75. The van der Waals surface area contributed by atoms with Gasteiger partial charge in [-0.05, 0) is 6.42 Å². The first kappa shape index (κ1) is 9.44. The first-order valence-electron chi connectivity index (χ1n) is 4.01. The van der Waals surface area contributed by atoms with Crippen molar-refractivity contribution in [3.8, 4) is 0 Å². The monoisotopic (exact) mass is 173 g/mol. The zero-order chi connectivity index (χ0) is 8.97. The summed E-state index contributed by atoms with van der Waals surface area (Å²) in [5.74, 6) is -0.344. The number of carbonyl (C=O) groups is 1. The number of nitrogens with two attached hydrogens (primary N) is 1. The SMILES string of the molecule is COC(=O)C(N)CC1CNCN1. The third-order valence-corrected chi connectivity index (χ3v) is 1.95. The van der Waals surface area contributed by atoms with E-state index >= 15 is 0 Å². The molecule has 0 aromatic heterocycles. The maximum Gasteiger partial charge on any atom is 0.322 e. The number of ether oxygens (including phenoxy) is 1. The normalized spacial score (nSPS) is 25.3. The van der Waals surface area contributed by atoms with E-state index in [1.54, 1.807) is 0 Å². The molecule has 2 atom stereocenters. The van der Waals surface area contributed by atoms with Crippen LogP contribution in [0.5, 0.6) is 0 Å². The Hall–Kier alpha value is -0.650. The molecule has 0 bridgehead atoms. The van der Waals surface area contributed by atoms with E-state index in [1.165, 1.54) is 7.11 Å². The lowest BCUT2D eigenvalue weighted by molar-refractivity contribution is -0.142. The lowest BCUT2D eigenvalue weighted by Crippen LogP contribution is -2.39. The third-order valence-electron chi connectivity index (χ3n) is 1.95. The lowest BCUT2D eigenvalue weighted by Gasteiger charge is -2.13. The van der Waals surface area contributed by atoms with E-state index in [0.717, 1.165) is 13.2 Å². The molecule has 0 aromatic rings. The highest BCUT2D eigenvalue weighted by atomic mass is 16.5. The Morgan fingerprint density at radius 1 is 1.83 bits per heavy atom. The molecule has 0 saturated carbocycles. The van der Waals surface area contributed by atoms with Gasteiger partial charge in [0.2, 0.25) is 0 Å². The number of rotatable bonds is 3. The van der Waals surface area contributed by atoms with Crippen LogP contribution in [-0.4, -0.2) is 38.4 Å². The van der Waals surface area contributed by atoms with E-state index in [-0.39, 0.29) is 5.97 Å². The molecule has 0 radical (unpaired) electrons. The van der Waals surface area contributed by atoms with Gasteiger partial charge in [-0.25, -0.2) is 0 Å². The van der Waals surface area contributed by atoms with Crippen LogP contribution in [0.3, 0.4) is 0 Å². The highest BCUT2D eigenvalue weighted by Gasteiger charge is 2.21. The molecular weight excluding hydrogens is 158 g/mol. The Morgan fingerprint density at radius 2 is 2.58 bits per heavy atom. The Bertz CT molecular complexity index is 157. The van der Waals surface area contributed by atoms with Gasteiger partial charge < -0.3 is 21.1 Å². The van der Waals surface area contributed by atoms with Gasteiger partial charge in [-0.3, -0.25) is 4.79 Å². The standard InChI is InChI=1S/C7H15N3O2/c1-12-7(11)6(8)2-5-3-9-4-10-5/h5-6,9-10H,2-4,8H2,1H3. The Morgan fingerprint density at radius 3 is 3.08 bits per heavy atom. The summed E-state index contributed by atoms with van der Waals surface area (Å²) >= 11 is 0. The highest BCUT2D eigenvalue weighted by Crippen LogP contribution is 1.99. The molecule has 0 amide bonds. The van der Waals surface area contributed by atoms with Crippen LogP contribution in [0.4, 0.5) is 0 Å². The first-order valence-corrected chi connectivity index (χ1v) is 4.01. The van der Waals surface area contributed by atoms with Crippen LogP contribution < -0.4 is 16.4 Å². The van der Waals surface area contributed by atoms with Crippen molar-refractivity contribution in [3.63, 3.8) is 0 Å². The zero-order valence-electron chi connectivity index (χ0n) is 7.17. The minimum absolute atomic E-state index is 0.291. The minimum atomic E-state index is -0.507. The van der Waals surface area contributed by atoms with Gasteiger partial charge in [-0.2, -0.15) is 0 Å². The fourth-order valence-corrected chi connectivity index (χ4v) is 1.26. The number of hydrogen-bond donors (Lipinski definition) is 3. The van der Waals surface area contributed by atoms with E-state index in [1.807, 2.05) is 0 Å². The van der Waals surface area contributed by atoms with Gasteiger partial charge in [0.15, 0.2) is 0 Å². The zero-order valence-corrected chi connectivity index (χ0v) is 7.17. The molecule has 0 aliphatic carbocycles. The summed E-state index contributed by atoms with van der Waals surface area (Å²) in [4.78, 5) is 10.9. The second-order valence-electron chi connectivity index (χ2n) is 2.90. The Balaban J connectivity index is 2.24. The van der Waals surface area contributed by atoms with Crippen LogP contribution in [-0.2, 0) is 9.53 Å². The summed E-state index contributed by atoms with van der Waals surface area (Å²) in [5, 5.41) is 6.28. The van der Waals surface area contributed by atoms with Gasteiger partial charge >= 0.3 is 5.97 Å². The van der Waals surface area contributed by atoms with Crippen molar-refractivity contribution < 1.29 is 9.53 Å². The van der Waals surface area contributed by atoms with E-state index in [0.29, 0.717) is 12.5 Å². The van der Waals surface area contributed by atoms with Crippen molar-refractivity contribution in [2.24, 2.45) is 5.73 Å². The van der Waals surface area contributed by atoms with Crippen LogP contribution in [0.1, 0.15) is 6.42 Å². The number of nitrogens with one attached hydrogen (secondary N) is 2. The molecule has 1 rings (SSSR count). The predicted molar refractivity (Wildman–Crippen MR) is 44.4 cm³/mol. The molecule has 1 heterocycles. The van der Waals surface area contributed by atoms with Crippen LogP contribution in [0.15, 0.2) is 0 Å². The fourth-order valence-electron chi connectivity index (χ4n) is 1.26. The molecule has 0 aromatic carbocycles. The van der Waals surface area contributed by atoms with Crippen LogP contribution in [0.2, 0.25) is 0 Å². The number of carbonyl (C=O) groups excluding carboxylic acids is 1. The van der Waals surface area contributed by atoms with E-state index in [9.17, 15) is 4.79 Å². The molecule has 1 saturated heterocycles. The van der Waals surface area contributed by atoms with Crippen molar-refractivity contribution in [2.45, 2.75) is 18.5 Å². The average Bonchev–Trinajstić information content (AvgIpc) is 2.55. The summed E-state index contributed by atoms with van der Waals surface area (Å²) in [6.07, 6.45) is 0.625. The average molecular weight is 173 g/mol. The molecule has 1 fully saturated rings. The van der Waals surface area contributed by atoms with Crippen molar-refractivity contribution >= 4 is 5.97 Å². The fraction of sp³-hybridized carbons (Fsp3) is 0.857. The van der Waals surface area contributed by atoms with Gasteiger partial charge in [-0.15, -0.1) is 0 Å². The second-order valence-corrected chi connectivity index (χ2v) is 2.90. The van der Waals surface area contributed by atoms with Crippen molar-refractivity contribution in [1.82, 2.24) is 10.6 Å². The largest absolute Gasteiger partial charge is 0.468 e. The predicted octanol–water partition coefficient (Wildman–Crippen LogP) is -1.60. The molecule has 1 aliphatic rings.